The van der Waals surface area contributed by atoms with Crippen LogP contribution in [0.5, 0.6) is 0 Å². The third kappa shape index (κ3) is 10.0. The molecule has 5 N–H and O–H groups in total. The molecule has 5 rings (SSSR count). The number of amides is 5. The minimum atomic E-state index is -1.16. The topological polar surface area (TPSA) is 197 Å². The van der Waals surface area contributed by atoms with Crippen LogP contribution in [-0.4, -0.2) is 105 Å². The summed E-state index contributed by atoms with van der Waals surface area (Å²) in [6, 6.07) is 13.2. The van der Waals surface area contributed by atoms with Crippen molar-refractivity contribution >= 4 is 29.5 Å². The Morgan fingerprint density at radius 3 is 2.28 bits per heavy atom. The van der Waals surface area contributed by atoms with Crippen LogP contribution in [0.1, 0.15) is 58.3 Å². The second kappa shape index (κ2) is 17.1. The highest BCUT2D eigenvalue weighted by molar-refractivity contribution is 5.96. The van der Waals surface area contributed by atoms with Crippen LogP contribution in [0.2, 0.25) is 0 Å². The highest BCUT2D eigenvalue weighted by Gasteiger charge is 2.46. The van der Waals surface area contributed by atoms with E-state index in [9.17, 15) is 29.1 Å². The molecule has 2 aliphatic heterocycles. The molecule has 0 spiro atoms. The molecule has 2 unspecified atom stereocenters. The molecule has 15 nitrogen and oxygen atoms in total. The summed E-state index contributed by atoms with van der Waals surface area (Å²) < 4.78 is 7.09. The van der Waals surface area contributed by atoms with Crippen molar-refractivity contribution < 1.29 is 33.8 Å². The number of nitrogens with zero attached hydrogens (tertiary/aromatic N) is 4. The maximum absolute atomic E-state index is 14.3. The van der Waals surface area contributed by atoms with E-state index in [0.29, 0.717) is 5.69 Å². The molecule has 0 aliphatic carbocycles. The number of carbonyl (C=O) groups is 5. The summed E-state index contributed by atoms with van der Waals surface area (Å²) in [5.41, 5.74) is 2.50. The lowest BCUT2D eigenvalue weighted by Gasteiger charge is -2.35. The minimum absolute atomic E-state index is 0.0376. The van der Waals surface area contributed by atoms with Gasteiger partial charge in [-0.2, -0.15) is 0 Å². The lowest BCUT2D eigenvalue weighted by Crippen LogP contribution is -2.58. The van der Waals surface area contributed by atoms with Crippen LogP contribution >= 0.6 is 0 Å². The quantitative estimate of drug-likeness (QED) is 0.261. The second-order valence-corrected chi connectivity index (χ2v) is 15.0. The van der Waals surface area contributed by atoms with E-state index < -0.39 is 65.2 Å². The summed E-state index contributed by atoms with van der Waals surface area (Å²) in [6.45, 7) is 9.10. The summed E-state index contributed by atoms with van der Waals surface area (Å²) in [5, 5.41) is 30.1. The fourth-order valence-electron chi connectivity index (χ4n) is 6.59. The van der Waals surface area contributed by atoms with Gasteiger partial charge in [-0.25, -0.2) is 4.68 Å². The van der Waals surface area contributed by atoms with Crippen molar-refractivity contribution in [3.05, 3.63) is 72.1 Å². The van der Waals surface area contributed by atoms with E-state index in [1.807, 2.05) is 75.4 Å². The number of aliphatic hydroxyl groups excluding tert-OH is 1. The fourth-order valence-corrected chi connectivity index (χ4v) is 6.59. The Kier molecular flexibility index (Phi) is 12.6. The summed E-state index contributed by atoms with van der Waals surface area (Å²) in [7, 11) is 0. The van der Waals surface area contributed by atoms with Crippen LogP contribution in [0.15, 0.2) is 60.8 Å². The molecule has 0 radical (unpaired) electrons. The molecule has 284 valence electrons. The van der Waals surface area contributed by atoms with Crippen LogP contribution in [0, 0.1) is 11.3 Å². The third-order valence-electron chi connectivity index (χ3n) is 9.36. The Balaban J connectivity index is 1.47. The van der Waals surface area contributed by atoms with Crippen molar-refractivity contribution in [1.29, 1.82) is 0 Å². The van der Waals surface area contributed by atoms with Crippen molar-refractivity contribution in [2.45, 2.75) is 84.3 Å². The van der Waals surface area contributed by atoms with E-state index in [-0.39, 0.29) is 51.6 Å². The zero-order chi connectivity index (χ0) is 38.3. The summed E-state index contributed by atoms with van der Waals surface area (Å²) in [4.78, 5) is 69.7. The van der Waals surface area contributed by atoms with Crippen LogP contribution in [0.25, 0.3) is 11.1 Å². The monoisotopic (exact) mass is 730 g/mol. The Hall–Kier alpha value is -5.15. The number of aliphatic hydroxyl groups is 1. The smallest absolute Gasteiger partial charge is 0.248 e. The number of fused-ring (bicyclic) bond motifs is 3. The fraction of sp³-hybridized carbons (Fsp3) is 0.500. The molecule has 15 heteroatoms. The van der Waals surface area contributed by atoms with E-state index in [1.54, 1.807) is 20.0 Å². The maximum atomic E-state index is 14.3. The molecule has 1 saturated heterocycles. The zero-order valence-electron chi connectivity index (χ0n) is 30.9. The van der Waals surface area contributed by atoms with Crippen molar-refractivity contribution in [2.75, 3.05) is 26.2 Å². The van der Waals surface area contributed by atoms with Gasteiger partial charge in [0.15, 0.2) is 0 Å². The third-order valence-corrected chi connectivity index (χ3v) is 9.36. The van der Waals surface area contributed by atoms with Gasteiger partial charge in [0.2, 0.25) is 29.5 Å². The van der Waals surface area contributed by atoms with Crippen molar-refractivity contribution in [1.82, 2.24) is 41.2 Å². The predicted octanol–water partition coefficient (Wildman–Crippen LogP) is 1.13. The van der Waals surface area contributed by atoms with Crippen molar-refractivity contribution in [2.24, 2.45) is 11.3 Å². The number of aromatic nitrogens is 3. The average molecular weight is 731 g/mol. The molecule has 53 heavy (non-hydrogen) atoms. The van der Waals surface area contributed by atoms with Gasteiger partial charge in [0.05, 0.1) is 32.1 Å². The predicted molar refractivity (Wildman–Crippen MR) is 195 cm³/mol. The molecule has 3 aromatic rings. The number of carbonyl (C=O) groups excluding carboxylic acids is 5. The van der Waals surface area contributed by atoms with Crippen molar-refractivity contribution in [3.8, 4) is 11.1 Å². The summed E-state index contributed by atoms with van der Waals surface area (Å²) in [5.74, 6) is -3.06. The van der Waals surface area contributed by atoms with E-state index in [0.717, 1.165) is 16.7 Å². The molecule has 2 aliphatic rings. The Morgan fingerprint density at radius 1 is 0.906 bits per heavy atom. The van der Waals surface area contributed by atoms with Gasteiger partial charge in [0.25, 0.3) is 0 Å². The molecular formula is C38H50N8O7. The SMILES string of the molecule is CC(C)C1NC(=O)[C@@H](Cc2ccc(-c3ccccc3)cc2)NC(=O)[C@@H]2C[C@@H](O)CN2C(=O)C(C(C)(C)C)n2cc(nn2)COCCNC(=O)CNC1=O. The molecule has 5 atom stereocenters. The van der Waals surface area contributed by atoms with Gasteiger partial charge < -0.3 is 36.0 Å². The standard InChI is InChI=1S/C38H50N8O7/c1-23(2)32-36(51)40-19-31(48)39-15-16-53-22-27-20-46(44-43-27)33(38(3,4)5)37(52)45-21-28(47)18-30(45)35(50)41-29(34(49)42-32)17-24-11-13-26(14-12-24)25-9-7-6-8-10-25/h6-14,20,23,28-30,32-33,47H,15-19,21-22H2,1-5H3,(H,39,48)(H,40,51)(H,41,50)(H,42,49)/t28-,29-,30+,32?,33?/m1/s1. The normalized spacial score (nSPS) is 24.3. The Morgan fingerprint density at radius 2 is 1.60 bits per heavy atom. The molecule has 2 aromatic carbocycles. The molecule has 3 heterocycles. The number of ether oxygens (including phenoxy) is 1. The summed E-state index contributed by atoms with van der Waals surface area (Å²) in [6.07, 6.45) is 0.653. The van der Waals surface area contributed by atoms with E-state index in [4.69, 9.17) is 4.74 Å². The first kappa shape index (κ1) is 39.1. The number of hydrogen-bond acceptors (Lipinski definition) is 9. The van der Waals surface area contributed by atoms with Gasteiger partial charge in [-0.3, -0.25) is 24.0 Å². The van der Waals surface area contributed by atoms with Crippen LogP contribution in [-0.2, 0) is 41.7 Å². The number of rotatable bonds is 4. The van der Waals surface area contributed by atoms with Gasteiger partial charge in [-0.1, -0.05) is 94.4 Å². The lowest BCUT2D eigenvalue weighted by molar-refractivity contribution is -0.144. The summed E-state index contributed by atoms with van der Waals surface area (Å²) >= 11 is 0. The zero-order valence-corrected chi connectivity index (χ0v) is 30.9. The van der Waals surface area contributed by atoms with Gasteiger partial charge in [-0.05, 0) is 28.0 Å². The molecule has 0 saturated carbocycles. The van der Waals surface area contributed by atoms with Gasteiger partial charge in [0.1, 0.15) is 29.9 Å². The number of hydrogen-bond donors (Lipinski definition) is 5. The molecule has 2 bridgehead atoms. The van der Waals surface area contributed by atoms with Crippen LogP contribution < -0.4 is 21.3 Å². The number of nitrogens with one attached hydrogen (secondary N) is 4. The van der Waals surface area contributed by atoms with E-state index >= 15 is 0 Å². The van der Waals surface area contributed by atoms with Gasteiger partial charge in [0, 0.05) is 25.9 Å². The lowest BCUT2D eigenvalue weighted by atomic mass is 9.85. The maximum Gasteiger partial charge on any atom is 0.248 e. The first-order valence-electron chi connectivity index (χ1n) is 18.0. The molecule has 1 aromatic heterocycles. The number of benzene rings is 2. The van der Waals surface area contributed by atoms with Crippen LogP contribution in [0.4, 0.5) is 0 Å². The van der Waals surface area contributed by atoms with Gasteiger partial charge in [-0.15, -0.1) is 5.10 Å². The second-order valence-electron chi connectivity index (χ2n) is 15.0. The molecule has 5 amide bonds. The molecular weight excluding hydrogens is 680 g/mol. The van der Waals surface area contributed by atoms with Crippen LogP contribution in [0.3, 0.4) is 0 Å². The first-order valence-corrected chi connectivity index (χ1v) is 18.0. The minimum Gasteiger partial charge on any atom is -0.391 e. The van der Waals surface area contributed by atoms with E-state index in [2.05, 4.69) is 31.6 Å². The molecule has 1 fully saturated rings. The average Bonchev–Trinajstić information content (AvgIpc) is 3.75. The van der Waals surface area contributed by atoms with Crippen molar-refractivity contribution in [3.63, 3.8) is 0 Å². The Bertz CT molecular complexity index is 1760. The highest BCUT2D eigenvalue weighted by Crippen LogP contribution is 2.34. The van der Waals surface area contributed by atoms with E-state index in [1.165, 1.54) is 9.58 Å². The van der Waals surface area contributed by atoms with Gasteiger partial charge >= 0.3 is 0 Å². The first-order chi connectivity index (χ1) is 25.2. The highest BCUT2D eigenvalue weighted by atomic mass is 16.5. The largest absolute Gasteiger partial charge is 0.391 e. The Labute approximate surface area is 309 Å².